The van der Waals surface area contributed by atoms with Gasteiger partial charge in [0.25, 0.3) is 0 Å². The fourth-order valence-electron chi connectivity index (χ4n) is 9.14. The van der Waals surface area contributed by atoms with Crippen molar-refractivity contribution in [1.29, 1.82) is 0 Å². The lowest BCUT2D eigenvalue weighted by atomic mass is 10.0. The summed E-state index contributed by atoms with van der Waals surface area (Å²) >= 11 is 0. The van der Waals surface area contributed by atoms with Crippen LogP contribution < -0.4 is 5.32 Å². The number of hydrogen-bond donors (Lipinski definition) is 3. The Kier molecular flexibility index (Phi) is 49.9. The number of nitrogens with one attached hydrogen (secondary N) is 1. The molecule has 6 heteroatoms. The number of carbonyl (C=O) groups is 2. The maximum atomic E-state index is 13.2. The predicted molar refractivity (Wildman–Crippen MR) is 269 cm³/mol. The van der Waals surface area contributed by atoms with Crippen LogP contribution in [0.1, 0.15) is 323 Å². The number of rotatable bonds is 52. The van der Waals surface area contributed by atoms with Crippen molar-refractivity contribution in [3.8, 4) is 0 Å². The van der Waals surface area contributed by atoms with Gasteiger partial charge in [0.05, 0.1) is 25.2 Å². The Labute approximate surface area is 387 Å². The molecule has 0 radical (unpaired) electrons. The smallest absolute Gasteiger partial charge is 0.306 e. The molecule has 0 aromatic rings. The van der Waals surface area contributed by atoms with Crippen molar-refractivity contribution in [2.45, 2.75) is 341 Å². The van der Waals surface area contributed by atoms with Gasteiger partial charge in [0, 0.05) is 6.42 Å². The molecule has 0 spiro atoms. The minimum atomic E-state index is -0.780. The topological polar surface area (TPSA) is 95.9 Å². The van der Waals surface area contributed by atoms with E-state index >= 15 is 0 Å². The first-order valence-corrected chi connectivity index (χ1v) is 28.3. The van der Waals surface area contributed by atoms with Crippen molar-refractivity contribution in [2.24, 2.45) is 0 Å². The van der Waals surface area contributed by atoms with Crippen LogP contribution in [0.4, 0.5) is 0 Å². The zero-order chi connectivity index (χ0) is 45.2. The van der Waals surface area contributed by atoms with Gasteiger partial charge in [-0.2, -0.15) is 0 Å². The van der Waals surface area contributed by atoms with Crippen molar-refractivity contribution in [1.82, 2.24) is 5.32 Å². The van der Waals surface area contributed by atoms with E-state index in [1.54, 1.807) is 0 Å². The number of unbranched alkanes of at least 4 members (excludes halogenated alkanes) is 40. The lowest BCUT2D eigenvalue weighted by molar-refractivity contribution is -0.151. The second-order valence-corrected chi connectivity index (χ2v) is 19.7. The van der Waals surface area contributed by atoms with Crippen molar-refractivity contribution >= 4 is 11.9 Å². The lowest BCUT2D eigenvalue weighted by Crippen LogP contribution is -2.46. The molecule has 0 rings (SSSR count). The summed E-state index contributed by atoms with van der Waals surface area (Å²) in [6.07, 6.45) is 56.0. The summed E-state index contributed by atoms with van der Waals surface area (Å²) in [5.74, 6) is -0.448. The predicted octanol–water partition coefficient (Wildman–Crippen LogP) is 17.1. The zero-order valence-electron chi connectivity index (χ0n) is 42.3. The molecule has 0 aliphatic carbocycles. The van der Waals surface area contributed by atoms with Crippen molar-refractivity contribution < 1.29 is 24.5 Å². The molecule has 0 saturated heterocycles. The highest BCUT2D eigenvalue weighted by atomic mass is 16.5. The third-order valence-electron chi connectivity index (χ3n) is 13.4. The first-order valence-electron chi connectivity index (χ1n) is 28.3. The largest absolute Gasteiger partial charge is 0.462 e. The molecule has 1 amide bonds. The van der Waals surface area contributed by atoms with Gasteiger partial charge in [-0.15, -0.1) is 0 Å². The van der Waals surface area contributed by atoms with Gasteiger partial charge in [0.1, 0.15) is 6.10 Å². The molecule has 0 aliphatic heterocycles. The second kappa shape index (κ2) is 50.9. The Morgan fingerprint density at radius 1 is 0.403 bits per heavy atom. The van der Waals surface area contributed by atoms with Gasteiger partial charge >= 0.3 is 5.97 Å². The monoisotopic (exact) mass is 878 g/mol. The summed E-state index contributed by atoms with van der Waals surface area (Å²) in [6.45, 7) is 6.53. The highest BCUT2D eigenvalue weighted by Gasteiger charge is 2.24. The third kappa shape index (κ3) is 45.4. The molecule has 0 fully saturated rings. The average molecular weight is 879 g/mol. The maximum Gasteiger partial charge on any atom is 0.306 e. The van der Waals surface area contributed by atoms with E-state index in [9.17, 15) is 19.8 Å². The number of amides is 1. The fourth-order valence-corrected chi connectivity index (χ4v) is 9.14. The molecule has 0 aromatic heterocycles. The third-order valence-corrected chi connectivity index (χ3v) is 13.4. The number of ether oxygens (including phenoxy) is 1. The molecule has 0 aliphatic rings. The van der Waals surface area contributed by atoms with Crippen LogP contribution in [-0.2, 0) is 14.3 Å². The molecule has 0 bridgehead atoms. The van der Waals surface area contributed by atoms with Crippen LogP contribution in [-0.4, -0.2) is 46.9 Å². The van der Waals surface area contributed by atoms with Crippen LogP contribution in [0.2, 0.25) is 0 Å². The van der Waals surface area contributed by atoms with Crippen molar-refractivity contribution in [2.75, 3.05) is 6.61 Å². The van der Waals surface area contributed by atoms with Gasteiger partial charge in [-0.1, -0.05) is 284 Å². The highest BCUT2D eigenvalue weighted by Crippen LogP contribution is 2.19. The Morgan fingerprint density at radius 3 is 0.984 bits per heavy atom. The lowest BCUT2D eigenvalue weighted by Gasteiger charge is -2.24. The van der Waals surface area contributed by atoms with Crippen molar-refractivity contribution in [3.63, 3.8) is 0 Å². The highest BCUT2D eigenvalue weighted by molar-refractivity contribution is 5.77. The first kappa shape index (κ1) is 60.9. The molecular formula is C56H111NO5. The molecule has 370 valence electrons. The fraction of sp³-hybridized carbons (Fsp3) is 0.964. The molecule has 3 atom stereocenters. The van der Waals surface area contributed by atoms with E-state index in [1.807, 2.05) is 0 Å². The summed E-state index contributed by atoms with van der Waals surface area (Å²) in [6, 6.07) is -0.692. The van der Waals surface area contributed by atoms with E-state index in [0.717, 1.165) is 38.5 Å². The van der Waals surface area contributed by atoms with E-state index in [4.69, 9.17) is 4.74 Å². The number of hydrogen-bond acceptors (Lipinski definition) is 5. The molecule has 3 unspecified atom stereocenters. The standard InChI is InChI=1S/C56H111NO5/c1-4-7-10-13-16-19-22-24-26-27-29-30-33-36-39-42-45-48-54(59)53(51-58)57-55(60)50-52(47-44-41-38-35-32-21-18-15-12-9-6-3)62-56(61)49-46-43-40-37-34-31-28-25-23-20-17-14-11-8-5-2/h52-54,58-59H,4-51H2,1-3H3,(H,57,60). The SMILES string of the molecule is CCCCCCCCCCCCCCCCCCCC(O)C(CO)NC(=O)CC(CCCCCCCCCCCCC)OC(=O)CCCCCCCCCCCCCCCCC. The van der Waals surface area contributed by atoms with Gasteiger partial charge < -0.3 is 20.3 Å². The number of aliphatic hydroxyl groups is 2. The van der Waals surface area contributed by atoms with E-state index in [0.29, 0.717) is 19.3 Å². The summed E-state index contributed by atoms with van der Waals surface area (Å²) in [4.78, 5) is 26.2. The summed E-state index contributed by atoms with van der Waals surface area (Å²) in [5.41, 5.74) is 0. The van der Waals surface area contributed by atoms with Gasteiger partial charge in [-0.05, 0) is 25.7 Å². The van der Waals surface area contributed by atoms with Crippen LogP contribution in [0.25, 0.3) is 0 Å². The molecule has 0 saturated carbocycles. The molecule has 6 nitrogen and oxygen atoms in total. The van der Waals surface area contributed by atoms with E-state index < -0.39 is 18.2 Å². The van der Waals surface area contributed by atoms with Crippen LogP contribution >= 0.6 is 0 Å². The molecular weight excluding hydrogens is 767 g/mol. The minimum Gasteiger partial charge on any atom is -0.462 e. The number of aliphatic hydroxyl groups excluding tert-OH is 2. The maximum absolute atomic E-state index is 13.2. The van der Waals surface area contributed by atoms with Gasteiger partial charge in [0.2, 0.25) is 5.91 Å². The summed E-state index contributed by atoms with van der Waals surface area (Å²) in [5, 5.41) is 23.9. The quantitative estimate of drug-likeness (QED) is 0.0418. The van der Waals surface area contributed by atoms with E-state index in [1.165, 1.54) is 238 Å². The molecule has 0 heterocycles. The van der Waals surface area contributed by atoms with Crippen LogP contribution in [0.5, 0.6) is 0 Å². The van der Waals surface area contributed by atoms with Crippen molar-refractivity contribution in [3.05, 3.63) is 0 Å². The first-order chi connectivity index (χ1) is 30.5. The van der Waals surface area contributed by atoms with Gasteiger partial charge in [0.15, 0.2) is 0 Å². The summed E-state index contributed by atoms with van der Waals surface area (Å²) in [7, 11) is 0. The normalized spacial score (nSPS) is 13.0. The average Bonchev–Trinajstić information content (AvgIpc) is 3.26. The zero-order valence-corrected chi connectivity index (χ0v) is 42.3. The Bertz CT molecular complexity index is 898. The summed E-state index contributed by atoms with van der Waals surface area (Å²) < 4.78 is 5.95. The second-order valence-electron chi connectivity index (χ2n) is 19.7. The molecule has 0 aromatic carbocycles. The van der Waals surface area contributed by atoms with Crippen LogP contribution in [0.15, 0.2) is 0 Å². The van der Waals surface area contributed by atoms with E-state index in [-0.39, 0.29) is 24.9 Å². The van der Waals surface area contributed by atoms with Crippen LogP contribution in [0, 0.1) is 0 Å². The van der Waals surface area contributed by atoms with Gasteiger partial charge in [-0.25, -0.2) is 0 Å². The Hall–Kier alpha value is -1.14. The number of carbonyl (C=O) groups excluding carboxylic acids is 2. The Morgan fingerprint density at radius 2 is 0.677 bits per heavy atom. The minimum absolute atomic E-state index is 0.0880. The van der Waals surface area contributed by atoms with Gasteiger partial charge in [-0.3, -0.25) is 9.59 Å². The molecule has 3 N–H and O–H groups in total. The Balaban J connectivity index is 4.40. The number of esters is 1. The van der Waals surface area contributed by atoms with Crippen LogP contribution in [0.3, 0.4) is 0 Å². The van der Waals surface area contributed by atoms with E-state index in [2.05, 4.69) is 26.1 Å². The molecule has 62 heavy (non-hydrogen) atoms.